The first kappa shape index (κ1) is 15.9. The summed E-state index contributed by atoms with van der Waals surface area (Å²) < 4.78 is 11.0. The summed E-state index contributed by atoms with van der Waals surface area (Å²) in [6, 6.07) is 17.2. The van der Waals surface area contributed by atoms with E-state index in [0.29, 0.717) is 5.89 Å². The Labute approximate surface area is 140 Å². The minimum atomic E-state index is -0.590. The normalized spacial score (nSPS) is 11.9. The Kier molecular flexibility index (Phi) is 4.70. The van der Waals surface area contributed by atoms with E-state index in [2.05, 4.69) is 10.2 Å². The lowest BCUT2D eigenvalue weighted by molar-refractivity contribution is -0.148. The van der Waals surface area contributed by atoms with Gasteiger partial charge in [-0.05, 0) is 31.5 Å². The zero-order valence-electron chi connectivity index (χ0n) is 13.6. The Morgan fingerprint density at radius 3 is 2.50 bits per heavy atom. The molecule has 5 heteroatoms. The van der Waals surface area contributed by atoms with Gasteiger partial charge in [-0.15, -0.1) is 10.2 Å². The molecule has 1 atom stereocenters. The predicted octanol–water partition coefficient (Wildman–Crippen LogP) is 3.89. The van der Waals surface area contributed by atoms with E-state index in [-0.39, 0.29) is 18.3 Å². The van der Waals surface area contributed by atoms with Crippen molar-refractivity contribution in [1.82, 2.24) is 10.2 Å². The molecule has 0 aliphatic rings. The SMILES string of the molecule is Cc1ccc(CC(=O)O[C@H](C)c2nnc(-c3ccccc3)o2)cc1. The maximum Gasteiger partial charge on any atom is 0.311 e. The van der Waals surface area contributed by atoms with Crippen molar-refractivity contribution in [3.63, 3.8) is 0 Å². The molecule has 0 fully saturated rings. The van der Waals surface area contributed by atoms with Gasteiger partial charge in [0.1, 0.15) is 0 Å². The number of carbonyl (C=O) groups excluding carboxylic acids is 1. The van der Waals surface area contributed by atoms with Crippen LogP contribution in [0.3, 0.4) is 0 Å². The van der Waals surface area contributed by atoms with Gasteiger partial charge in [-0.25, -0.2) is 0 Å². The summed E-state index contributed by atoms with van der Waals surface area (Å²) in [6.45, 7) is 3.72. The fraction of sp³-hybridized carbons (Fsp3) is 0.211. The van der Waals surface area contributed by atoms with Crippen molar-refractivity contribution in [1.29, 1.82) is 0 Å². The van der Waals surface area contributed by atoms with Crippen LogP contribution in [0.2, 0.25) is 0 Å². The second kappa shape index (κ2) is 7.08. The largest absolute Gasteiger partial charge is 0.452 e. The van der Waals surface area contributed by atoms with E-state index in [1.807, 2.05) is 61.5 Å². The van der Waals surface area contributed by atoms with Gasteiger partial charge in [-0.3, -0.25) is 4.79 Å². The van der Waals surface area contributed by atoms with Gasteiger partial charge >= 0.3 is 5.97 Å². The van der Waals surface area contributed by atoms with E-state index in [4.69, 9.17) is 9.15 Å². The maximum atomic E-state index is 12.0. The van der Waals surface area contributed by atoms with Crippen molar-refractivity contribution in [3.8, 4) is 11.5 Å². The van der Waals surface area contributed by atoms with Crippen LogP contribution in [-0.4, -0.2) is 16.2 Å². The molecule has 1 aromatic heterocycles. The second-order valence-electron chi connectivity index (χ2n) is 5.61. The van der Waals surface area contributed by atoms with Crippen LogP contribution in [0.4, 0.5) is 0 Å². The summed E-state index contributed by atoms with van der Waals surface area (Å²) in [5.41, 5.74) is 2.89. The van der Waals surface area contributed by atoms with Gasteiger partial charge in [0, 0.05) is 5.56 Å². The minimum absolute atomic E-state index is 0.213. The predicted molar refractivity (Wildman–Crippen MR) is 89.1 cm³/mol. The summed E-state index contributed by atoms with van der Waals surface area (Å²) in [5, 5.41) is 7.97. The van der Waals surface area contributed by atoms with Crippen molar-refractivity contribution >= 4 is 5.97 Å². The minimum Gasteiger partial charge on any atom is -0.452 e. The molecule has 0 saturated carbocycles. The molecule has 0 radical (unpaired) electrons. The first-order chi connectivity index (χ1) is 11.6. The average molecular weight is 322 g/mol. The van der Waals surface area contributed by atoms with Crippen LogP contribution in [0.25, 0.3) is 11.5 Å². The molecule has 0 saturated heterocycles. The molecular weight excluding hydrogens is 304 g/mol. The first-order valence-corrected chi connectivity index (χ1v) is 7.75. The van der Waals surface area contributed by atoms with Crippen molar-refractivity contribution in [2.75, 3.05) is 0 Å². The van der Waals surface area contributed by atoms with Gasteiger partial charge in [0.15, 0.2) is 6.10 Å². The number of aromatic nitrogens is 2. The van der Waals surface area contributed by atoms with Gasteiger partial charge < -0.3 is 9.15 Å². The zero-order valence-corrected chi connectivity index (χ0v) is 13.6. The lowest BCUT2D eigenvalue weighted by Gasteiger charge is -2.09. The third-order valence-corrected chi connectivity index (χ3v) is 3.59. The van der Waals surface area contributed by atoms with E-state index in [0.717, 1.165) is 16.7 Å². The molecule has 2 aromatic carbocycles. The maximum absolute atomic E-state index is 12.0. The first-order valence-electron chi connectivity index (χ1n) is 7.75. The highest BCUT2D eigenvalue weighted by Gasteiger charge is 2.19. The second-order valence-corrected chi connectivity index (χ2v) is 5.61. The molecule has 0 unspecified atom stereocenters. The summed E-state index contributed by atoms with van der Waals surface area (Å²) in [5.74, 6) is 0.365. The molecule has 0 spiro atoms. The number of carbonyl (C=O) groups is 1. The van der Waals surface area contributed by atoms with Crippen LogP contribution in [0, 0.1) is 6.92 Å². The van der Waals surface area contributed by atoms with Gasteiger partial charge in [0.25, 0.3) is 5.89 Å². The highest BCUT2D eigenvalue weighted by Crippen LogP contribution is 2.22. The fourth-order valence-corrected chi connectivity index (χ4v) is 2.26. The standard InChI is InChI=1S/C19H18N2O3/c1-13-8-10-15(11-9-13)12-17(22)23-14(2)18-20-21-19(24-18)16-6-4-3-5-7-16/h3-11,14H,12H2,1-2H3/t14-/m1/s1. The van der Waals surface area contributed by atoms with Crippen LogP contribution >= 0.6 is 0 Å². The molecule has 122 valence electrons. The molecule has 0 aliphatic carbocycles. The summed E-state index contributed by atoms with van der Waals surface area (Å²) >= 11 is 0. The Hall–Kier alpha value is -2.95. The fourth-order valence-electron chi connectivity index (χ4n) is 2.26. The summed E-state index contributed by atoms with van der Waals surface area (Å²) in [6.07, 6.45) is -0.377. The number of aryl methyl sites for hydroxylation is 1. The number of rotatable bonds is 5. The van der Waals surface area contributed by atoms with Gasteiger partial charge in [-0.2, -0.15) is 0 Å². The smallest absolute Gasteiger partial charge is 0.311 e. The third-order valence-electron chi connectivity index (χ3n) is 3.59. The molecular formula is C19H18N2O3. The number of hydrogen-bond donors (Lipinski definition) is 0. The van der Waals surface area contributed by atoms with Crippen molar-refractivity contribution < 1.29 is 13.9 Å². The van der Waals surface area contributed by atoms with E-state index < -0.39 is 6.10 Å². The molecule has 0 bridgehead atoms. The lowest BCUT2D eigenvalue weighted by Crippen LogP contribution is -2.11. The number of ether oxygens (including phenoxy) is 1. The summed E-state index contributed by atoms with van der Waals surface area (Å²) in [7, 11) is 0. The zero-order chi connectivity index (χ0) is 16.9. The quantitative estimate of drug-likeness (QED) is 0.667. The van der Waals surface area contributed by atoms with Crippen LogP contribution in [0.5, 0.6) is 0 Å². The third kappa shape index (κ3) is 3.87. The van der Waals surface area contributed by atoms with Gasteiger partial charge in [0.05, 0.1) is 6.42 Å². The molecule has 3 rings (SSSR count). The molecule has 24 heavy (non-hydrogen) atoms. The summed E-state index contributed by atoms with van der Waals surface area (Å²) in [4.78, 5) is 12.0. The van der Waals surface area contributed by atoms with Crippen molar-refractivity contribution in [3.05, 3.63) is 71.6 Å². The average Bonchev–Trinajstić information content (AvgIpc) is 3.08. The van der Waals surface area contributed by atoms with Crippen LogP contribution in [0.15, 0.2) is 59.0 Å². The van der Waals surface area contributed by atoms with Crippen LogP contribution in [-0.2, 0) is 16.0 Å². The monoisotopic (exact) mass is 322 g/mol. The van der Waals surface area contributed by atoms with E-state index in [1.165, 1.54) is 0 Å². The lowest BCUT2D eigenvalue weighted by atomic mass is 10.1. The number of hydrogen-bond acceptors (Lipinski definition) is 5. The van der Waals surface area contributed by atoms with Gasteiger partial charge in [-0.1, -0.05) is 48.0 Å². The molecule has 1 heterocycles. The van der Waals surface area contributed by atoms with E-state index in [1.54, 1.807) is 6.92 Å². The molecule has 0 N–H and O–H groups in total. The topological polar surface area (TPSA) is 65.2 Å². The number of benzene rings is 2. The Morgan fingerprint density at radius 1 is 1.08 bits per heavy atom. The Balaban J connectivity index is 1.62. The highest BCUT2D eigenvalue weighted by molar-refractivity contribution is 5.72. The van der Waals surface area contributed by atoms with Crippen LogP contribution < -0.4 is 0 Å². The molecule has 5 nitrogen and oxygen atoms in total. The van der Waals surface area contributed by atoms with E-state index in [9.17, 15) is 4.79 Å². The van der Waals surface area contributed by atoms with Crippen LogP contribution in [0.1, 0.15) is 30.0 Å². The van der Waals surface area contributed by atoms with E-state index >= 15 is 0 Å². The number of esters is 1. The number of nitrogens with zero attached hydrogens (tertiary/aromatic N) is 2. The molecule has 0 aliphatic heterocycles. The molecule has 3 aromatic rings. The Bertz CT molecular complexity index is 810. The van der Waals surface area contributed by atoms with Crippen molar-refractivity contribution in [2.24, 2.45) is 0 Å². The molecule has 0 amide bonds. The van der Waals surface area contributed by atoms with Gasteiger partial charge in [0.2, 0.25) is 5.89 Å². The highest BCUT2D eigenvalue weighted by atomic mass is 16.6. The van der Waals surface area contributed by atoms with Crippen molar-refractivity contribution in [2.45, 2.75) is 26.4 Å². The Morgan fingerprint density at radius 2 is 1.79 bits per heavy atom.